The first-order valence-electron chi connectivity index (χ1n) is 4.79. The molecule has 1 amide bonds. The summed E-state index contributed by atoms with van der Waals surface area (Å²) in [5.41, 5.74) is 0.509. The summed E-state index contributed by atoms with van der Waals surface area (Å²) in [5, 5.41) is 8.62. The van der Waals surface area contributed by atoms with Gasteiger partial charge in [0.2, 0.25) is 5.91 Å². The first kappa shape index (κ1) is 9.66. The average molecular weight is 200 g/mol. The Morgan fingerprint density at radius 3 is 2.93 bits per heavy atom. The smallest absolute Gasteiger partial charge is 0.228 e. The lowest BCUT2D eigenvalue weighted by atomic mass is 10.1. The molecule has 4 nitrogen and oxygen atoms in total. The number of aromatic nitrogens is 1. The fraction of sp³-hybridized carbons (Fsp3) is 0.273. The van der Waals surface area contributed by atoms with Crippen LogP contribution in [-0.2, 0) is 4.79 Å². The lowest BCUT2D eigenvalue weighted by Crippen LogP contribution is -2.35. The molecule has 0 atom stereocenters. The quantitative estimate of drug-likeness (QED) is 0.686. The van der Waals surface area contributed by atoms with E-state index in [0.29, 0.717) is 24.3 Å². The number of amides is 1. The second-order valence-electron chi connectivity index (χ2n) is 3.34. The van der Waals surface area contributed by atoms with Gasteiger partial charge in [-0.3, -0.25) is 9.69 Å². The van der Waals surface area contributed by atoms with Gasteiger partial charge in [0.25, 0.3) is 0 Å². The molecule has 1 aliphatic rings. The number of pyridine rings is 1. The highest BCUT2D eigenvalue weighted by Crippen LogP contribution is 2.17. The molecule has 0 bridgehead atoms. The molecule has 15 heavy (non-hydrogen) atoms. The molecule has 1 saturated heterocycles. The van der Waals surface area contributed by atoms with Gasteiger partial charge in [0.15, 0.2) is 0 Å². The molecular weight excluding hydrogens is 190 g/mol. The van der Waals surface area contributed by atoms with E-state index in [-0.39, 0.29) is 5.91 Å². The van der Waals surface area contributed by atoms with Crippen molar-refractivity contribution in [2.24, 2.45) is 0 Å². The Hall–Kier alpha value is -1.89. The Bertz CT molecular complexity index is 405. The number of nitrogens with zero attached hydrogens (tertiary/aromatic N) is 3. The molecule has 0 aliphatic carbocycles. The van der Waals surface area contributed by atoms with Crippen molar-refractivity contribution in [3.8, 4) is 6.07 Å². The zero-order valence-corrected chi connectivity index (χ0v) is 8.18. The van der Waals surface area contributed by atoms with Crippen molar-refractivity contribution in [3.05, 3.63) is 30.3 Å². The van der Waals surface area contributed by atoms with Crippen molar-refractivity contribution < 1.29 is 4.79 Å². The van der Waals surface area contributed by atoms with Crippen LogP contribution in [0.1, 0.15) is 18.4 Å². The number of carbonyl (C=O) groups is 1. The van der Waals surface area contributed by atoms with E-state index in [1.807, 2.05) is 12.5 Å². The van der Waals surface area contributed by atoms with E-state index >= 15 is 0 Å². The van der Waals surface area contributed by atoms with Crippen LogP contribution < -0.4 is 4.90 Å². The zero-order valence-electron chi connectivity index (χ0n) is 8.18. The van der Waals surface area contributed by atoms with Crippen LogP contribution in [0.2, 0.25) is 0 Å². The second kappa shape index (κ2) is 4.09. The van der Waals surface area contributed by atoms with Crippen LogP contribution >= 0.6 is 0 Å². The van der Waals surface area contributed by atoms with Gasteiger partial charge in [-0.25, -0.2) is 4.98 Å². The molecule has 0 spiro atoms. The Morgan fingerprint density at radius 1 is 1.47 bits per heavy atom. The van der Waals surface area contributed by atoms with Crippen molar-refractivity contribution in [1.29, 1.82) is 5.26 Å². The van der Waals surface area contributed by atoms with Gasteiger partial charge < -0.3 is 0 Å². The van der Waals surface area contributed by atoms with E-state index in [4.69, 9.17) is 5.26 Å². The molecule has 4 heteroatoms. The number of hydrogen-bond donors (Lipinski definition) is 0. The molecule has 1 radical (unpaired) electrons. The first-order chi connectivity index (χ1) is 7.31. The van der Waals surface area contributed by atoms with Crippen LogP contribution in [0.4, 0.5) is 5.82 Å². The van der Waals surface area contributed by atoms with Gasteiger partial charge >= 0.3 is 0 Å². The highest BCUT2D eigenvalue weighted by Gasteiger charge is 2.20. The van der Waals surface area contributed by atoms with E-state index in [0.717, 1.165) is 6.42 Å². The average Bonchev–Trinajstić information content (AvgIpc) is 2.30. The highest BCUT2D eigenvalue weighted by molar-refractivity contribution is 5.93. The minimum atomic E-state index is 0.0680. The molecule has 2 rings (SSSR count). The van der Waals surface area contributed by atoms with E-state index in [1.165, 1.54) is 6.20 Å². The maximum atomic E-state index is 11.5. The topological polar surface area (TPSA) is 57.0 Å². The normalized spacial score (nSPS) is 16.2. The fourth-order valence-corrected chi connectivity index (χ4v) is 1.53. The molecule has 0 N–H and O–H groups in total. The maximum absolute atomic E-state index is 11.5. The summed E-state index contributed by atoms with van der Waals surface area (Å²) >= 11 is 0. The predicted molar refractivity (Wildman–Crippen MR) is 54.8 cm³/mol. The third-order valence-electron chi connectivity index (χ3n) is 2.33. The van der Waals surface area contributed by atoms with Gasteiger partial charge in [0, 0.05) is 19.2 Å². The molecule has 75 valence electrons. The third-order valence-corrected chi connectivity index (χ3v) is 2.33. The van der Waals surface area contributed by atoms with E-state index < -0.39 is 0 Å². The Balaban J connectivity index is 2.21. The second-order valence-corrected chi connectivity index (χ2v) is 3.34. The highest BCUT2D eigenvalue weighted by atomic mass is 16.2. The summed E-state index contributed by atoms with van der Waals surface area (Å²) in [6.07, 6.45) is 4.83. The van der Waals surface area contributed by atoms with E-state index in [1.54, 1.807) is 17.0 Å². The van der Waals surface area contributed by atoms with Crippen molar-refractivity contribution in [2.45, 2.75) is 12.8 Å². The lowest BCUT2D eigenvalue weighted by Gasteiger charge is -2.25. The summed E-state index contributed by atoms with van der Waals surface area (Å²) in [5.74, 6) is 0.700. The number of piperidine rings is 1. The largest absolute Gasteiger partial charge is 0.297 e. The molecular formula is C11H10N3O. The SMILES string of the molecule is N#Cc1ccc(N2CC[CH]CC2=O)nc1. The fourth-order valence-electron chi connectivity index (χ4n) is 1.53. The monoisotopic (exact) mass is 200 g/mol. The van der Waals surface area contributed by atoms with Gasteiger partial charge in [0.1, 0.15) is 11.9 Å². The molecule has 0 unspecified atom stereocenters. The Kier molecular flexibility index (Phi) is 2.64. The van der Waals surface area contributed by atoms with Crippen molar-refractivity contribution in [3.63, 3.8) is 0 Å². The van der Waals surface area contributed by atoms with Crippen molar-refractivity contribution >= 4 is 11.7 Å². The van der Waals surface area contributed by atoms with Crippen LogP contribution in [0.3, 0.4) is 0 Å². The molecule has 1 aromatic heterocycles. The van der Waals surface area contributed by atoms with Crippen LogP contribution in [-0.4, -0.2) is 17.4 Å². The van der Waals surface area contributed by atoms with Gasteiger partial charge in [0.05, 0.1) is 5.56 Å². The van der Waals surface area contributed by atoms with Crippen LogP contribution in [0.5, 0.6) is 0 Å². The number of hydrogen-bond acceptors (Lipinski definition) is 3. The maximum Gasteiger partial charge on any atom is 0.228 e. The molecule has 1 fully saturated rings. The van der Waals surface area contributed by atoms with Gasteiger partial charge in [-0.2, -0.15) is 5.26 Å². The standard InChI is InChI=1S/C11H10N3O/c12-7-9-4-5-10(13-8-9)14-6-2-1-3-11(14)15/h1,4-5,8H,2-3,6H2. The summed E-state index contributed by atoms with van der Waals surface area (Å²) in [6, 6.07) is 5.38. The molecule has 2 heterocycles. The lowest BCUT2D eigenvalue weighted by molar-refractivity contribution is -0.118. The number of carbonyl (C=O) groups excluding carboxylic acids is 1. The summed E-state index contributed by atoms with van der Waals surface area (Å²) in [4.78, 5) is 17.3. The number of nitriles is 1. The van der Waals surface area contributed by atoms with Gasteiger partial charge in [-0.1, -0.05) is 0 Å². The molecule has 0 aromatic carbocycles. The van der Waals surface area contributed by atoms with E-state index in [9.17, 15) is 4.79 Å². The van der Waals surface area contributed by atoms with Gasteiger partial charge in [-0.05, 0) is 25.0 Å². The Morgan fingerprint density at radius 2 is 2.33 bits per heavy atom. The summed E-state index contributed by atoms with van der Waals surface area (Å²) < 4.78 is 0. The predicted octanol–water partition coefficient (Wildman–Crippen LogP) is 1.28. The molecule has 0 saturated carbocycles. The van der Waals surface area contributed by atoms with Crippen LogP contribution in [0.25, 0.3) is 0 Å². The van der Waals surface area contributed by atoms with Crippen LogP contribution in [0.15, 0.2) is 18.3 Å². The molecule has 1 aliphatic heterocycles. The molecule has 1 aromatic rings. The minimum Gasteiger partial charge on any atom is -0.297 e. The zero-order chi connectivity index (χ0) is 10.7. The van der Waals surface area contributed by atoms with Gasteiger partial charge in [-0.15, -0.1) is 0 Å². The summed E-state index contributed by atoms with van der Waals surface area (Å²) in [6.45, 7) is 0.678. The Labute approximate surface area is 88.1 Å². The third kappa shape index (κ3) is 1.96. The minimum absolute atomic E-state index is 0.0680. The van der Waals surface area contributed by atoms with Crippen molar-refractivity contribution in [1.82, 2.24) is 4.98 Å². The number of rotatable bonds is 1. The van der Waals surface area contributed by atoms with Crippen molar-refractivity contribution in [2.75, 3.05) is 11.4 Å². The first-order valence-corrected chi connectivity index (χ1v) is 4.79. The number of anilines is 1. The van der Waals surface area contributed by atoms with E-state index in [2.05, 4.69) is 4.98 Å². The summed E-state index contributed by atoms with van der Waals surface area (Å²) in [7, 11) is 0. The van der Waals surface area contributed by atoms with Crippen LogP contribution in [0, 0.1) is 17.8 Å².